The smallest absolute Gasteiger partial charge is 0.403 e. The fraction of sp³-hybridized carbons (Fsp3) is 0.632. The molecule has 1 heterocycles. The fourth-order valence-corrected chi connectivity index (χ4v) is 3.04. The number of halogens is 3. The van der Waals surface area contributed by atoms with Crippen molar-refractivity contribution < 1.29 is 17.9 Å². The lowest BCUT2D eigenvalue weighted by atomic mass is 10.1. The van der Waals surface area contributed by atoms with Gasteiger partial charge in [-0.2, -0.15) is 13.2 Å². The average molecular weight is 386 g/mol. The summed E-state index contributed by atoms with van der Waals surface area (Å²) >= 11 is 0. The van der Waals surface area contributed by atoms with Crippen LogP contribution in [0.4, 0.5) is 13.2 Å². The van der Waals surface area contributed by atoms with Crippen molar-refractivity contribution >= 4 is 5.96 Å². The van der Waals surface area contributed by atoms with Crippen LogP contribution < -0.4 is 10.1 Å². The van der Waals surface area contributed by atoms with E-state index < -0.39 is 12.2 Å². The second-order valence-electron chi connectivity index (χ2n) is 6.57. The van der Waals surface area contributed by atoms with Gasteiger partial charge in [-0.1, -0.05) is 12.1 Å². The van der Waals surface area contributed by atoms with Crippen molar-refractivity contribution in [2.24, 2.45) is 4.99 Å². The van der Waals surface area contributed by atoms with Crippen molar-refractivity contribution in [1.82, 2.24) is 15.1 Å². The SMILES string of the molecule is CCNC(=NCCc1ccc(OC)cc1)N1CCN(C(C)C(F)(F)F)CC1. The summed E-state index contributed by atoms with van der Waals surface area (Å²) in [5.41, 5.74) is 1.17. The van der Waals surface area contributed by atoms with Crippen LogP contribution in [0.5, 0.6) is 5.75 Å². The Morgan fingerprint density at radius 3 is 2.33 bits per heavy atom. The topological polar surface area (TPSA) is 40.1 Å². The molecule has 0 aromatic heterocycles. The van der Waals surface area contributed by atoms with Gasteiger partial charge in [-0.25, -0.2) is 0 Å². The van der Waals surface area contributed by atoms with Gasteiger partial charge in [-0.05, 0) is 38.0 Å². The summed E-state index contributed by atoms with van der Waals surface area (Å²) < 4.78 is 43.8. The maximum absolute atomic E-state index is 12.9. The van der Waals surface area contributed by atoms with Crippen LogP contribution in [0.2, 0.25) is 0 Å². The summed E-state index contributed by atoms with van der Waals surface area (Å²) in [7, 11) is 1.64. The lowest BCUT2D eigenvalue weighted by Gasteiger charge is -2.39. The largest absolute Gasteiger partial charge is 0.497 e. The van der Waals surface area contributed by atoms with E-state index >= 15 is 0 Å². The minimum atomic E-state index is -4.18. The molecular formula is C19H29F3N4O. The molecule has 0 amide bonds. The van der Waals surface area contributed by atoms with Gasteiger partial charge in [0.1, 0.15) is 11.8 Å². The number of hydrogen-bond donors (Lipinski definition) is 1. The number of methoxy groups -OCH3 is 1. The molecule has 0 aliphatic carbocycles. The van der Waals surface area contributed by atoms with Crippen molar-refractivity contribution in [2.45, 2.75) is 32.5 Å². The summed E-state index contributed by atoms with van der Waals surface area (Å²) in [6.07, 6.45) is -3.39. The maximum Gasteiger partial charge on any atom is 0.403 e. The molecule has 1 N–H and O–H groups in total. The van der Waals surface area contributed by atoms with Crippen LogP contribution in [-0.2, 0) is 6.42 Å². The zero-order valence-corrected chi connectivity index (χ0v) is 16.2. The lowest BCUT2D eigenvalue weighted by molar-refractivity contribution is -0.181. The molecule has 0 radical (unpaired) electrons. The van der Waals surface area contributed by atoms with Crippen LogP contribution in [0.15, 0.2) is 29.3 Å². The Labute approximate surface area is 159 Å². The Morgan fingerprint density at radius 2 is 1.81 bits per heavy atom. The highest BCUT2D eigenvalue weighted by atomic mass is 19.4. The summed E-state index contributed by atoms with van der Waals surface area (Å²) in [6.45, 7) is 6.38. The molecule has 1 atom stereocenters. The van der Waals surface area contributed by atoms with E-state index in [9.17, 15) is 13.2 Å². The lowest BCUT2D eigenvalue weighted by Crippen LogP contribution is -2.56. The molecule has 0 saturated carbocycles. The number of nitrogens with one attached hydrogen (secondary N) is 1. The van der Waals surface area contributed by atoms with E-state index in [0.717, 1.165) is 24.7 Å². The second kappa shape index (κ2) is 9.82. The van der Waals surface area contributed by atoms with Crippen molar-refractivity contribution in [3.8, 4) is 5.75 Å². The molecule has 1 aliphatic heterocycles. The third-order valence-electron chi connectivity index (χ3n) is 4.79. The highest BCUT2D eigenvalue weighted by Gasteiger charge is 2.41. The quantitative estimate of drug-likeness (QED) is 0.603. The number of nitrogens with zero attached hydrogens (tertiary/aromatic N) is 3. The van der Waals surface area contributed by atoms with E-state index in [0.29, 0.717) is 32.7 Å². The molecule has 152 valence electrons. The highest BCUT2D eigenvalue weighted by molar-refractivity contribution is 5.80. The van der Waals surface area contributed by atoms with Crippen LogP contribution in [0.1, 0.15) is 19.4 Å². The summed E-state index contributed by atoms with van der Waals surface area (Å²) in [4.78, 5) is 8.18. The Balaban J connectivity index is 1.89. The van der Waals surface area contributed by atoms with E-state index in [2.05, 4.69) is 10.3 Å². The number of aliphatic imine (C=N–C) groups is 1. The molecule has 1 aromatic carbocycles. The maximum atomic E-state index is 12.9. The van der Waals surface area contributed by atoms with Gasteiger partial charge in [0.15, 0.2) is 5.96 Å². The average Bonchev–Trinajstić information content (AvgIpc) is 2.66. The molecule has 1 fully saturated rings. The monoisotopic (exact) mass is 386 g/mol. The number of rotatable bonds is 6. The Bertz CT molecular complexity index is 596. The molecule has 1 unspecified atom stereocenters. The zero-order chi connectivity index (χ0) is 19.9. The predicted octanol–water partition coefficient (Wildman–Crippen LogP) is 2.77. The Hall–Kier alpha value is -1.96. The van der Waals surface area contributed by atoms with Crippen molar-refractivity contribution in [3.63, 3.8) is 0 Å². The minimum Gasteiger partial charge on any atom is -0.497 e. The minimum absolute atomic E-state index is 0.379. The summed E-state index contributed by atoms with van der Waals surface area (Å²) in [6, 6.07) is 6.46. The number of alkyl halides is 3. The molecule has 0 spiro atoms. The third kappa shape index (κ3) is 6.30. The van der Waals surface area contributed by atoms with Gasteiger partial charge in [0.2, 0.25) is 0 Å². The van der Waals surface area contributed by atoms with Gasteiger partial charge in [0.25, 0.3) is 0 Å². The van der Waals surface area contributed by atoms with Crippen LogP contribution >= 0.6 is 0 Å². The Kier molecular flexibility index (Phi) is 7.77. The van der Waals surface area contributed by atoms with E-state index in [1.165, 1.54) is 17.4 Å². The van der Waals surface area contributed by atoms with Gasteiger partial charge in [0.05, 0.1) is 7.11 Å². The fourth-order valence-electron chi connectivity index (χ4n) is 3.04. The first-order valence-electron chi connectivity index (χ1n) is 9.32. The predicted molar refractivity (Wildman–Crippen MR) is 101 cm³/mol. The van der Waals surface area contributed by atoms with E-state index in [4.69, 9.17) is 4.74 Å². The molecule has 2 rings (SSSR count). The van der Waals surface area contributed by atoms with Gasteiger partial charge < -0.3 is 15.0 Å². The highest BCUT2D eigenvalue weighted by Crippen LogP contribution is 2.25. The normalized spacial score (nSPS) is 17.7. The van der Waals surface area contributed by atoms with E-state index in [-0.39, 0.29) is 0 Å². The molecule has 5 nitrogen and oxygen atoms in total. The standard InChI is InChI=1S/C19H29F3N4O/c1-4-23-18(24-10-9-16-5-7-17(27-3)8-6-16)26-13-11-25(12-14-26)15(2)19(20,21)22/h5-8,15H,4,9-14H2,1-3H3,(H,23,24). The number of benzene rings is 1. The van der Waals surface area contributed by atoms with Crippen LogP contribution in [0, 0.1) is 0 Å². The van der Waals surface area contributed by atoms with E-state index in [1.807, 2.05) is 36.1 Å². The molecule has 1 saturated heterocycles. The van der Waals surface area contributed by atoms with Gasteiger partial charge in [-0.3, -0.25) is 9.89 Å². The van der Waals surface area contributed by atoms with Crippen LogP contribution in [0.3, 0.4) is 0 Å². The molecule has 8 heteroatoms. The van der Waals surface area contributed by atoms with Crippen molar-refractivity contribution in [2.75, 3.05) is 46.4 Å². The van der Waals surface area contributed by atoms with Gasteiger partial charge in [0, 0.05) is 39.3 Å². The molecule has 1 aromatic rings. The number of guanidine groups is 1. The molecule has 1 aliphatic rings. The van der Waals surface area contributed by atoms with Crippen LogP contribution in [-0.4, -0.2) is 74.4 Å². The second-order valence-corrected chi connectivity index (χ2v) is 6.57. The first-order chi connectivity index (χ1) is 12.8. The van der Waals surface area contributed by atoms with Gasteiger partial charge >= 0.3 is 6.18 Å². The van der Waals surface area contributed by atoms with E-state index in [1.54, 1.807) is 7.11 Å². The number of hydrogen-bond acceptors (Lipinski definition) is 3. The Morgan fingerprint density at radius 1 is 1.19 bits per heavy atom. The van der Waals surface area contributed by atoms with Crippen molar-refractivity contribution in [3.05, 3.63) is 29.8 Å². The molecule has 0 bridgehead atoms. The third-order valence-corrected chi connectivity index (χ3v) is 4.79. The van der Waals surface area contributed by atoms with Crippen LogP contribution in [0.25, 0.3) is 0 Å². The molecule has 27 heavy (non-hydrogen) atoms. The summed E-state index contributed by atoms with van der Waals surface area (Å²) in [5, 5.41) is 3.25. The zero-order valence-electron chi connectivity index (χ0n) is 16.2. The number of piperazine rings is 1. The number of ether oxygens (including phenoxy) is 1. The van der Waals surface area contributed by atoms with Gasteiger partial charge in [-0.15, -0.1) is 0 Å². The first-order valence-corrected chi connectivity index (χ1v) is 9.32. The first kappa shape index (κ1) is 21.3. The summed E-state index contributed by atoms with van der Waals surface area (Å²) in [5.74, 6) is 1.59. The molecular weight excluding hydrogens is 357 g/mol. The van der Waals surface area contributed by atoms with Crippen molar-refractivity contribution in [1.29, 1.82) is 0 Å².